The van der Waals surface area contributed by atoms with Crippen molar-refractivity contribution in [3.63, 3.8) is 0 Å². The van der Waals surface area contributed by atoms with Gasteiger partial charge >= 0.3 is 11.0 Å². The van der Waals surface area contributed by atoms with Crippen molar-refractivity contribution in [1.82, 2.24) is 4.98 Å². The summed E-state index contributed by atoms with van der Waals surface area (Å²) < 4.78 is 1.98. The molecular weight excluding hydrogens is 330 g/mol. The molecule has 0 aliphatic carbocycles. The number of nitrogens with zero attached hydrogens (tertiary/aromatic N) is 2. The summed E-state index contributed by atoms with van der Waals surface area (Å²) in [7, 11) is 0. The van der Waals surface area contributed by atoms with Crippen LogP contribution in [0.2, 0.25) is 0 Å². The first-order valence-electron chi connectivity index (χ1n) is 8.51. The van der Waals surface area contributed by atoms with Gasteiger partial charge in [-0.25, -0.2) is 0 Å². The Morgan fingerprint density at radius 2 is 1.52 bits per heavy atom. The van der Waals surface area contributed by atoms with E-state index in [-0.39, 0.29) is 5.78 Å². The predicted molar refractivity (Wildman–Crippen MR) is 106 cm³/mol. The molecule has 2 aromatic carbocycles. The van der Waals surface area contributed by atoms with Gasteiger partial charge in [-0.3, -0.25) is 4.79 Å². The standard InChI is InChI=1S/C16H13N3OS.2C2H6/c1-11(20)12-7-9-13(10-8-12)15-18-16(17)21-19(15)14-5-3-2-4-6-14;2*1-2/h2-10,17H,1H3;2*1-2H3/p+1. The van der Waals surface area contributed by atoms with Crippen LogP contribution in [-0.2, 0) is 0 Å². The molecule has 2 N–H and O–H groups in total. The molecule has 0 spiro atoms. The molecule has 3 rings (SSSR count). The second kappa shape index (κ2) is 10.4. The van der Waals surface area contributed by atoms with Gasteiger partial charge in [-0.1, -0.05) is 58.0 Å². The fourth-order valence-corrected chi connectivity index (χ4v) is 2.86. The molecule has 3 aromatic rings. The maximum atomic E-state index is 11.3. The van der Waals surface area contributed by atoms with Crippen LogP contribution in [0.1, 0.15) is 45.0 Å². The third kappa shape index (κ3) is 5.22. The number of benzene rings is 2. The highest BCUT2D eigenvalue weighted by Gasteiger charge is 2.22. The SMILES string of the molecule is CC.CC.CC(=O)c1ccc(-c2nc(N)s[n+]2-c2ccccc2)cc1. The topological polar surface area (TPSA) is 59.9 Å². The summed E-state index contributed by atoms with van der Waals surface area (Å²) in [5, 5.41) is 0.504. The van der Waals surface area contributed by atoms with E-state index in [0.29, 0.717) is 10.7 Å². The summed E-state index contributed by atoms with van der Waals surface area (Å²) in [6.45, 7) is 9.56. The van der Waals surface area contributed by atoms with Crippen LogP contribution in [0.25, 0.3) is 17.1 Å². The minimum atomic E-state index is 0.0512. The van der Waals surface area contributed by atoms with E-state index in [1.54, 1.807) is 6.92 Å². The van der Waals surface area contributed by atoms with Gasteiger partial charge < -0.3 is 5.73 Å². The minimum absolute atomic E-state index is 0.0512. The Morgan fingerprint density at radius 1 is 0.960 bits per heavy atom. The quantitative estimate of drug-likeness (QED) is 0.535. The summed E-state index contributed by atoms with van der Waals surface area (Å²) in [5.74, 6) is 0.828. The first-order valence-corrected chi connectivity index (χ1v) is 9.28. The van der Waals surface area contributed by atoms with Gasteiger partial charge in [-0.15, -0.1) is 3.96 Å². The van der Waals surface area contributed by atoms with Crippen molar-refractivity contribution in [1.29, 1.82) is 0 Å². The van der Waals surface area contributed by atoms with Crippen LogP contribution in [0.15, 0.2) is 54.6 Å². The van der Waals surface area contributed by atoms with E-state index < -0.39 is 0 Å². The Bertz CT molecular complexity index is 780. The van der Waals surface area contributed by atoms with Gasteiger partial charge in [0.2, 0.25) is 0 Å². The average molecular weight is 357 g/mol. The van der Waals surface area contributed by atoms with Gasteiger partial charge in [0.1, 0.15) is 17.2 Å². The van der Waals surface area contributed by atoms with E-state index in [1.807, 2.05) is 86.2 Å². The Kier molecular flexibility index (Phi) is 8.50. The highest BCUT2D eigenvalue weighted by atomic mass is 32.1. The van der Waals surface area contributed by atoms with E-state index >= 15 is 0 Å². The zero-order chi connectivity index (χ0) is 18.8. The second-order valence-corrected chi connectivity index (χ2v) is 5.59. The molecule has 0 aliphatic heterocycles. The molecule has 0 bridgehead atoms. The van der Waals surface area contributed by atoms with Crippen molar-refractivity contribution < 1.29 is 8.75 Å². The number of hydrogen-bond acceptors (Lipinski definition) is 4. The molecule has 0 radical (unpaired) electrons. The third-order valence-electron chi connectivity index (χ3n) is 3.13. The van der Waals surface area contributed by atoms with Gasteiger partial charge in [0.15, 0.2) is 5.78 Å². The molecule has 0 saturated heterocycles. The van der Waals surface area contributed by atoms with Crippen molar-refractivity contribution in [2.24, 2.45) is 0 Å². The number of carbonyl (C=O) groups excluding carboxylic acids is 1. The summed E-state index contributed by atoms with van der Waals surface area (Å²) in [4.78, 5) is 15.8. The average Bonchev–Trinajstić information content (AvgIpc) is 3.07. The van der Waals surface area contributed by atoms with E-state index in [4.69, 9.17) is 5.73 Å². The van der Waals surface area contributed by atoms with Crippen LogP contribution in [0.5, 0.6) is 0 Å². The molecule has 1 heterocycles. The molecular formula is C20H26N3OS+. The first kappa shape index (κ1) is 20.5. The van der Waals surface area contributed by atoms with E-state index in [1.165, 1.54) is 11.5 Å². The van der Waals surface area contributed by atoms with Crippen molar-refractivity contribution in [2.75, 3.05) is 5.73 Å². The number of Topliss-reactive ketones (excluding diaryl/α,β-unsaturated/α-hetero) is 1. The summed E-state index contributed by atoms with van der Waals surface area (Å²) in [6, 6.07) is 17.3. The van der Waals surface area contributed by atoms with Gasteiger partial charge in [0.05, 0.1) is 5.56 Å². The molecule has 132 valence electrons. The lowest BCUT2D eigenvalue weighted by atomic mass is 10.1. The number of carbonyl (C=O) groups is 1. The smallest absolute Gasteiger partial charge is 0.350 e. The largest absolute Gasteiger partial charge is 0.351 e. The fourth-order valence-electron chi connectivity index (χ4n) is 2.08. The van der Waals surface area contributed by atoms with E-state index in [0.717, 1.165) is 17.1 Å². The lowest BCUT2D eigenvalue weighted by molar-refractivity contribution is -0.509. The summed E-state index contributed by atoms with van der Waals surface area (Å²) in [6.07, 6.45) is 0. The molecule has 4 nitrogen and oxygen atoms in total. The van der Waals surface area contributed by atoms with Gasteiger partial charge in [0, 0.05) is 5.56 Å². The fraction of sp³-hybridized carbons (Fsp3) is 0.250. The second-order valence-electron chi connectivity index (χ2n) is 4.63. The summed E-state index contributed by atoms with van der Waals surface area (Å²) in [5.41, 5.74) is 8.49. The Labute approximate surface area is 154 Å². The van der Waals surface area contributed by atoms with Gasteiger partial charge in [0.25, 0.3) is 0 Å². The highest BCUT2D eigenvalue weighted by molar-refractivity contribution is 7.05. The van der Waals surface area contributed by atoms with E-state index in [9.17, 15) is 4.79 Å². The molecule has 0 amide bonds. The van der Waals surface area contributed by atoms with Crippen LogP contribution in [-0.4, -0.2) is 10.8 Å². The first-order chi connectivity index (χ1) is 12.1. The Hall–Kier alpha value is -2.53. The predicted octanol–water partition coefficient (Wildman–Crippen LogP) is 4.92. The molecule has 0 saturated carbocycles. The van der Waals surface area contributed by atoms with E-state index in [2.05, 4.69) is 4.98 Å². The molecule has 1 aromatic heterocycles. The van der Waals surface area contributed by atoms with Crippen molar-refractivity contribution in [2.45, 2.75) is 34.6 Å². The zero-order valence-electron chi connectivity index (χ0n) is 15.5. The summed E-state index contributed by atoms with van der Waals surface area (Å²) >= 11 is 1.39. The molecule has 5 heteroatoms. The molecule has 0 atom stereocenters. The van der Waals surface area contributed by atoms with Crippen molar-refractivity contribution in [3.05, 3.63) is 60.2 Å². The number of hydrogen-bond donors (Lipinski definition) is 1. The lowest BCUT2D eigenvalue weighted by Crippen LogP contribution is -2.27. The van der Waals surface area contributed by atoms with Gasteiger partial charge in [-0.05, 0) is 36.2 Å². The van der Waals surface area contributed by atoms with Gasteiger partial charge in [-0.2, -0.15) is 0 Å². The number of anilines is 1. The maximum absolute atomic E-state index is 11.3. The maximum Gasteiger partial charge on any atom is 0.350 e. The van der Waals surface area contributed by atoms with Crippen LogP contribution >= 0.6 is 11.5 Å². The molecule has 0 aliphatic rings. The van der Waals surface area contributed by atoms with Crippen LogP contribution < -0.4 is 9.69 Å². The number of para-hydroxylation sites is 1. The number of rotatable bonds is 3. The Balaban J connectivity index is 0.000000730. The minimum Gasteiger partial charge on any atom is -0.351 e. The van der Waals surface area contributed by atoms with Crippen molar-refractivity contribution >= 4 is 22.4 Å². The normalized spacial score (nSPS) is 9.32. The Morgan fingerprint density at radius 3 is 2.04 bits per heavy atom. The molecule has 0 fully saturated rings. The highest BCUT2D eigenvalue weighted by Crippen LogP contribution is 2.20. The van der Waals surface area contributed by atoms with Crippen molar-refractivity contribution in [3.8, 4) is 17.1 Å². The lowest BCUT2D eigenvalue weighted by Gasteiger charge is -1.99. The van der Waals surface area contributed by atoms with Crippen LogP contribution in [0.3, 0.4) is 0 Å². The number of nitrogen functional groups attached to an aromatic ring is 1. The monoisotopic (exact) mass is 356 g/mol. The third-order valence-corrected chi connectivity index (χ3v) is 3.98. The van der Waals surface area contributed by atoms with Crippen LogP contribution in [0.4, 0.5) is 5.13 Å². The number of ketones is 1. The van der Waals surface area contributed by atoms with Crippen LogP contribution in [0, 0.1) is 0 Å². The zero-order valence-corrected chi connectivity index (χ0v) is 16.3. The number of aromatic nitrogens is 2. The number of nitrogens with two attached hydrogens (primary N) is 1. The molecule has 0 unspecified atom stereocenters. The molecule has 25 heavy (non-hydrogen) atoms.